The third kappa shape index (κ3) is 7.32. The average molecular weight is 415 g/mol. The molecule has 0 aliphatic heterocycles. The van der Waals surface area contributed by atoms with Crippen LogP contribution < -0.4 is 0 Å². The zero-order valence-corrected chi connectivity index (χ0v) is 19.0. The van der Waals surface area contributed by atoms with Crippen LogP contribution in [0.5, 0.6) is 0 Å². The summed E-state index contributed by atoms with van der Waals surface area (Å²) in [6.45, 7) is 9.43. The molecule has 2 rings (SSSR count). The van der Waals surface area contributed by atoms with Crippen molar-refractivity contribution in [3.63, 3.8) is 0 Å². The molecule has 4 nitrogen and oxygen atoms in total. The van der Waals surface area contributed by atoms with Gasteiger partial charge < -0.3 is 9.80 Å². The Morgan fingerprint density at radius 3 is 2.31 bits per heavy atom. The standard InChI is InChI=1S/C24H34N2O2S/c1-5-6-8-13-23(27)26(19(2)3)18-24(28)25(16-21-11-9-7-10-12-21)17-22-20(4)14-15-29-22/h7,9-12,14-15,19H,5-6,8,13,16-18H2,1-4H3. The van der Waals surface area contributed by atoms with E-state index in [1.165, 1.54) is 10.4 Å². The fourth-order valence-electron chi connectivity index (χ4n) is 3.25. The maximum Gasteiger partial charge on any atom is 0.242 e. The van der Waals surface area contributed by atoms with E-state index in [1.807, 2.05) is 49.1 Å². The first-order valence-corrected chi connectivity index (χ1v) is 11.4. The van der Waals surface area contributed by atoms with E-state index in [0.29, 0.717) is 19.5 Å². The minimum Gasteiger partial charge on any atom is -0.332 e. The van der Waals surface area contributed by atoms with Gasteiger partial charge in [0.25, 0.3) is 0 Å². The van der Waals surface area contributed by atoms with E-state index >= 15 is 0 Å². The van der Waals surface area contributed by atoms with Crippen molar-refractivity contribution in [1.82, 2.24) is 9.80 Å². The number of thiophene rings is 1. The van der Waals surface area contributed by atoms with E-state index in [9.17, 15) is 9.59 Å². The molecule has 2 amide bonds. The number of unbranched alkanes of at least 4 members (excludes halogenated alkanes) is 2. The highest BCUT2D eigenvalue weighted by Gasteiger charge is 2.24. The normalized spacial score (nSPS) is 10.9. The molecule has 2 aromatic rings. The number of aryl methyl sites for hydroxylation is 1. The highest BCUT2D eigenvalue weighted by molar-refractivity contribution is 7.10. The lowest BCUT2D eigenvalue weighted by molar-refractivity contribution is -0.142. The average Bonchev–Trinajstić information content (AvgIpc) is 3.10. The van der Waals surface area contributed by atoms with Gasteiger partial charge in [0, 0.05) is 23.9 Å². The van der Waals surface area contributed by atoms with Crippen LogP contribution in [0.2, 0.25) is 0 Å². The number of benzene rings is 1. The van der Waals surface area contributed by atoms with Gasteiger partial charge in [0.2, 0.25) is 11.8 Å². The van der Waals surface area contributed by atoms with E-state index in [0.717, 1.165) is 24.8 Å². The Balaban J connectivity index is 2.13. The molecule has 0 fully saturated rings. The van der Waals surface area contributed by atoms with Gasteiger partial charge >= 0.3 is 0 Å². The van der Waals surface area contributed by atoms with Crippen LogP contribution >= 0.6 is 11.3 Å². The lowest BCUT2D eigenvalue weighted by Gasteiger charge is -2.30. The monoisotopic (exact) mass is 414 g/mol. The van der Waals surface area contributed by atoms with Gasteiger partial charge in [0.1, 0.15) is 0 Å². The van der Waals surface area contributed by atoms with Crippen LogP contribution in [-0.2, 0) is 22.7 Å². The number of carbonyl (C=O) groups is 2. The molecule has 0 bridgehead atoms. The highest BCUT2D eigenvalue weighted by Crippen LogP contribution is 2.20. The highest BCUT2D eigenvalue weighted by atomic mass is 32.1. The fraction of sp³-hybridized carbons (Fsp3) is 0.500. The molecule has 0 spiro atoms. The molecule has 0 unspecified atom stereocenters. The third-order valence-electron chi connectivity index (χ3n) is 5.12. The predicted molar refractivity (Wildman–Crippen MR) is 121 cm³/mol. The van der Waals surface area contributed by atoms with Crippen molar-refractivity contribution in [2.45, 2.75) is 72.5 Å². The van der Waals surface area contributed by atoms with Crippen LogP contribution in [-0.4, -0.2) is 34.2 Å². The number of hydrogen-bond acceptors (Lipinski definition) is 3. The molecule has 0 aliphatic rings. The molecule has 29 heavy (non-hydrogen) atoms. The molecule has 158 valence electrons. The number of carbonyl (C=O) groups excluding carboxylic acids is 2. The second kappa shape index (κ2) is 11.8. The molecular weight excluding hydrogens is 380 g/mol. The largest absolute Gasteiger partial charge is 0.332 e. The van der Waals surface area contributed by atoms with Crippen molar-refractivity contribution in [3.8, 4) is 0 Å². The maximum absolute atomic E-state index is 13.3. The van der Waals surface area contributed by atoms with Gasteiger partial charge in [-0.15, -0.1) is 11.3 Å². The number of amides is 2. The Kier molecular flexibility index (Phi) is 9.39. The Morgan fingerprint density at radius 2 is 1.72 bits per heavy atom. The summed E-state index contributed by atoms with van der Waals surface area (Å²) in [6.07, 6.45) is 3.53. The minimum absolute atomic E-state index is 0.000746. The van der Waals surface area contributed by atoms with Crippen LogP contribution in [0.1, 0.15) is 62.5 Å². The van der Waals surface area contributed by atoms with Crippen molar-refractivity contribution < 1.29 is 9.59 Å². The van der Waals surface area contributed by atoms with E-state index in [-0.39, 0.29) is 24.4 Å². The second-order valence-electron chi connectivity index (χ2n) is 7.83. The molecule has 0 saturated heterocycles. The summed E-state index contributed by atoms with van der Waals surface area (Å²) in [7, 11) is 0. The van der Waals surface area contributed by atoms with Crippen molar-refractivity contribution in [2.75, 3.05) is 6.54 Å². The summed E-state index contributed by atoms with van der Waals surface area (Å²) in [5, 5.41) is 2.06. The summed E-state index contributed by atoms with van der Waals surface area (Å²) < 4.78 is 0. The van der Waals surface area contributed by atoms with Gasteiger partial charge in [-0.1, -0.05) is 50.1 Å². The zero-order chi connectivity index (χ0) is 21.2. The maximum atomic E-state index is 13.3. The quantitative estimate of drug-likeness (QED) is 0.462. The lowest BCUT2D eigenvalue weighted by atomic mass is 10.1. The molecule has 0 aliphatic carbocycles. The molecule has 0 atom stereocenters. The Morgan fingerprint density at radius 1 is 1.00 bits per heavy atom. The van der Waals surface area contributed by atoms with Crippen LogP contribution in [0.25, 0.3) is 0 Å². The van der Waals surface area contributed by atoms with Crippen molar-refractivity contribution in [2.24, 2.45) is 0 Å². The van der Waals surface area contributed by atoms with Gasteiger partial charge in [-0.05, 0) is 49.8 Å². The van der Waals surface area contributed by atoms with E-state index in [1.54, 1.807) is 16.2 Å². The van der Waals surface area contributed by atoms with Crippen LogP contribution in [0.4, 0.5) is 0 Å². The Bertz CT molecular complexity index is 770. The van der Waals surface area contributed by atoms with Crippen LogP contribution in [0.15, 0.2) is 41.8 Å². The predicted octanol–water partition coefficient (Wildman–Crippen LogP) is 5.40. The number of nitrogens with zero attached hydrogens (tertiary/aromatic N) is 2. The lowest BCUT2D eigenvalue weighted by Crippen LogP contribution is -2.45. The minimum atomic E-state index is -0.000746. The van der Waals surface area contributed by atoms with Gasteiger partial charge in [-0.2, -0.15) is 0 Å². The topological polar surface area (TPSA) is 40.6 Å². The van der Waals surface area contributed by atoms with Crippen LogP contribution in [0.3, 0.4) is 0 Å². The summed E-state index contributed by atoms with van der Waals surface area (Å²) >= 11 is 1.68. The molecule has 0 radical (unpaired) electrons. The van der Waals surface area contributed by atoms with Crippen molar-refractivity contribution in [1.29, 1.82) is 0 Å². The second-order valence-corrected chi connectivity index (χ2v) is 8.84. The molecule has 5 heteroatoms. The van der Waals surface area contributed by atoms with Crippen molar-refractivity contribution in [3.05, 3.63) is 57.8 Å². The third-order valence-corrected chi connectivity index (χ3v) is 6.12. The van der Waals surface area contributed by atoms with E-state index in [2.05, 4.69) is 25.3 Å². The summed E-state index contributed by atoms with van der Waals surface area (Å²) in [4.78, 5) is 30.8. The number of hydrogen-bond donors (Lipinski definition) is 0. The smallest absolute Gasteiger partial charge is 0.242 e. The zero-order valence-electron chi connectivity index (χ0n) is 18.2. The molecule has 0 N–H and O–H groups in total. The summed E-state index contributed by atoms with van der Waals surface area (Å²) in [5.74, 6) is 0.0768. The first kappa shape index (κ1) is 23.1. The summed E-state index contributed by atoms with van der Waals surface area (Å²) in [5.41, 5.74) is 2.30. The molecule has 1 aromatic carbocycles. The molecular formula is C24H34N2O2S. The molecule has 1 heterocycles. The van der Waals surface area contributed by atoms with Crippen molar-refractivity contribution >= 4 is 23.2 Å². The van der Waals surface area contributed by atoms with E-state index < -0.39 is 0 Å². The summed E-state index contributed by atoms with van der Waals surface area (Å²) in [6, 6.07) is 12.1. The van der Waals surface area contributed by atoms with Gasteiger partial charge in [0.05, 0.1) is 13.1 Å². The first-order chi connectivity index (χ1) is 13.9. The van der Waals surface area contributed by atoms with E-state index in [4.69, 9.17) is 0 Å². The Hall–Kier alpha value is -2.14. The van der Waals surface area contributed by atoms with Gasteiger partial charge in [0.15, 0.2) is 0 Å². The first-order valence-electron chi connectivity index (χ1n) is 10.6. The SMILES string of the molecule is CCCCCC(=O)N(CC(=O)N(Cc1ccccc1)Cc1sccc1C)C(C)C. The van der Waals surface area contributed by atoms with Crippen LogP contribution in [0, 0.1) is 6.92 Å². The Labute approximate surface area is 179 Å². The van der Waals surface area contributed by atoms with Gasteiger partial charge in [-0.3, -0.25) is 9.59 Å². The molecule has 1 aromatic heterocycles. The molecule has 0 saturated carbocycles. The fourth-order valence-corrected chi connectivity index (χ4v) is 4.17. The van der Waals surface area contributed by atoms with Gasteiger partial charge in [-0.25, -0.2) is 0 Å². The number of rotatable bonds is 11.